The van der Waals surface area contributed by atoms with Crippen LogP contribution in [0.4, 0.5) is 0 Å². The van der Waals surface area contributed by atoms with E-state index in [1.165, 1.54) is 20.9 Å². The van der Waals surface area contributed by atoms with Gasteiger partial charge in [-0.05, 0) is 22.9 Å². The summed E-state index contributed by atoms with van der Waals surface area (Å²) in [6.45, 7) is 0. The van der Waals surface area contributed by atoms with Gasteiger partial charge in [-0.2, -0.15) is 0 Å². The Labute approximate surface area is 101 Å². The van der Waals surface area contributed by atoms with E-state index in [0.29, 0.717) is 0 Å². The minimum absolute atomic E-state index is 1.29. The zero-order valence-electron chi connectivity index (χ0n) is 8.59. The summed E-state index contributed by atoms with van der Waals surface area (Å²) >= 11 is 0. The minimum Gasteiger partial charge on any atom is -0.0881 e. The lowest BCUT2D eigenvalue weighted by Gasteiger charge is -1.99. The van der Waals surface area contributed by atoms with E-state index in [9.17, 15) is 0 Å². The molecule has 0 radical (unpaired) electrons. The summed E-state index contributed by atoms with van der Waals surface area (Å²) < 4.78 is 1.34. The summed E-state index contributed by atoms with van der Waals surface area (Å²) in [6.07, 6.45) is 0. The van der Waals surface area contributed by atoms with Crippen LogP contribution in [0.1, 0.15) is 0 Å². The molecule has 2 aromatic carbocycles. The van der Waals surface area contributed by atoms with Gasteiger partial charge in [0.2, 0.25) is 0 Å². The molecular weight excluding hydrogens is 232 g/mol. The molecule has 0 fully saturated rings. The van der Waals surface area contributed by atoms with Crippen molar-refractivity contribution in [3.8, 4) is 0 Å². The first kappa shape index (κ1) is 9.82. The second kappa shape index (κ2) is 4.24. The van der Waals surface area contributed by atoms with Gasteiger partial charge >= 0.3 is 0 Å². The molecule has 0 spiro atoms. The maximum absolute atomic E-state index is 2.20. The third kappa shape index (κ3) is 1.70. The fraction of sp³-hybridized carbons (Fsp3) is 0. The molecule has 0 saturated carbocycles. The Kier molecular flexibility index (Phi) is 2.60. The summed E-state index contributed by atoms with van der Waals surface area (Å²) in [6, 6.07) is 19.3. The van der Waals surface area contributed by atoms with Crippen molar-refractivity contribution in [2.75, 3.05) is 0 Å². The van der Waals surface area contributed by atoms with Crippen LogP contribution in [0.15, 0.2) is 60.0 Å². The van der Waals surface area contributed by atoms with Crippen molar-refractivity contribution in [3.05, 3.63) is 60.0 Å². The highest BCUT2D eigenvalue weighted by Crippen LogP contribution is 2.26. The van der Waals surface area contributed by atoms with E-state index in [0.717, 1.165) is 0 Å². The molecule has 0 aliphatic heterocycles. The first-order valence-corrected chi connectivity index (χ1v) is 7.35. The van der Waals surface area contributed by atoms with Gasteiger partial charge in [-0.25, -0.2) is 0 Å². The average Bonchev–Trinajstić information content (AvgIpc) is 2.33. The molecule has 78 valence electrons. The van der Waals surface area contributed by atoms with E-state index in [-0.39, 0.29) is 0 Å². The Morgan fingerprint density at radius 1 is 0.688 bits per heavy atom. The van der Waals surface area contributed by atoms with Crippen molar-refractivity contribution >= 4 is 41.5 Å². The molecule has 0 saturated heterocycles. The van der Waals surface area contributed by atoms with Crippen LogP contribution >= 0.6 is 20.7 Å². The lowest BCUT2D eigenvalue weighted by molar-refractivity contribution is 1.81. The van der Waals surface area contributed by atoms with Crippen LogP contribution in [-0.4, -0.2) is 0 Å². The first-order chi connectivity index (χ1) is 7.95. The Balaban J connectivity index is 2.63. The van der Waals surface area contributed by atoms with Crippen LogP contribution in [0.5, 0.6) is 0 Å². The molecule has 0 aliphatic carbocycles. The van der Waals surface area contributed by atoms with Crippen LogP contribution < -0.4 is 0 Å². The van der Waals surface area contributed by atoms with E-state index in [1.54, 1.807) is 10.3 Å². The molecule has 0 unspecified atom stereocenters. The number of hydrogen-bond acceptors (Lipinski definition) is 2. The third-order valence-electron chi connectivity index (χ3n) is 2.58. The van der Waals surface area contributed by atoms with E-state index < -0.39 is 0 Å². The second-order valence-corrected chi connectivity index (χ2v) is 5.71. The Bertz CT molecular complexity index is 615. The van der Waals surface area contributed by atoms with Gasteiger partial charge in [0.25, 0.3) is 0 Å². The van der Waals surface area contributed by atoms with Gasteiger partial charge in [-0.15, -0.1) is 0 Å². The molecule has 0 nitrogen and oxygen atoms in total. The molecule has 16 heavy (non-hydrogen) atoms. The fourth-order valence-electron chi connectivity index (χ4n) is 1.83. The molecule has 0 atom stereocenters. The average molecular weight is 242 g/mol. The molecule has 3 aromatic rings. The topological polar surface area (TPSA) is 0 Å². The van der Waals surface area contributed by atoms with Gasteiger partial charge in [-0.3, -0.25) is 0 Å². The second-order valence-electron chi connectivity index (χ2n) is 3.57. The maximum atomic E-state index is 2.20. The van der Waals surface area contributed by atoms with Gasteiger partial charge in [0.15, 0.2) is 0 Å². The van der Waals surface area contributed by atoms with Crippen LogP contribution in [0.25, 0.3) is 20.9 Å². The highest BCUT2D eigenvalue weighted by atomic mass is 32.9. The van der Waals surface area contributed by atoms with Gasteiger partial charge < -0.3 is 0 Å². The fourth-order valence-corrected chi connectivity index (χ4v) is 3.67. The van der Waals surface area contributed by atoms with Crippen molar-refractivity contribution in [1.82, 2.24) is 0 Å². The molecule has 0 aliphatic rings. The van der Waals surface area contributed by atoms with Gasteiger partial charge in [0.1, 0.15) is 0 Å². The summed E-state index contributed by atoms with van der Waals surface area (Å²) in [4.78, 5) is 0. The van der Waals surface area contributed by atoms with Crippen molar-refractivity contribution in [2.45, 2.75) is 0 Å². The van der Waals surface area contributed by atoms with Crippen LogP contribution in [0, 0.1) is 0 Å². The summed E-state index contributed by atoms with van der Waals surface area (Å²) in [5.74, 6) is 0. The Morgan fingerprint density at radius 2 is 1.44 bits per heavy atom. The van der Waals surface area contributed by atoms with Crippen molar-refractivity contribution in [1.29, 1.82) is 0 Å². The Morgan fingerprint density at radius 3 is 2.38 bits per heavy atom. The number of fused-ring (bicyclic) bond motifs is 3. The maximum Gasteiger partial charge on any atom is 0.0455 e. The van der Waals surface area contributed by atoms with Crippen molar-refractivity contribution < 1.29 is 0 Å². The highest BCUT2D eigenvalue weighted by molar-refractivity contribution is 7.70. The number of rotatable bonds is 0. The largest absolute Gasteiger partial charge is 0.0881 e. The van der Waals surface area contributed by atoms with E-state index >= 15 is 0 Å². The smallest absolute Gasteiger partial charge is 0.0455 e. The standard InChI is InChI=1S/C14H10S2/c1-2-6-12-11(5-1)9-10-15-16-14-8-4-3-7-13(12)14/h1-10H. The molecular formula is C14H10S2. The first-order valence-electron chi connectivity index (χ1n) is 5.13. The zero-order valence-corrected chi connectivity index (χ0v) is 10.2. The van der Waals surface area contributed by atoms with E-state index in [4.69, 9.17) is 0 Å². The number of hydrogen-bond donors (Lipinski definition) is 0. The summed E-state index contributed by atoms with van der Waals surface area (Å²) in [5, 5.41) is 6.10. The van der Waals surface area contributed by atoms with Gasteiger partial charge in [0, 0.05) is 15.5 Å². The third-order valence-corrected chi connectivity index (χ3v) is 4.62. The predicted molar refractivity (Wildman–Crippen MR) is 74.8 cm³/mol. The molecule has 0 bridgehead atoms. The van der Waals surface area contributed by atoms with Gasteiger partial charge in [-0.1, -0.05) is 63.1 Å². The van der Waals surface area contributed by atoms with Gasteiger partial charge in [0.05, 0.1) is 0 Å². The predicted octanol–water partition coefficient (Wildman–Crippen LogP) is 5.24. The summed E-state index contributed by atoms with van der Waals surface area (Å²) in [5.41, 5.74) is 0. The quantitative estimate of drug-likeness (QED) is 0.473. The highest BCUT2D eigenvalue weighted by Gasteiger charge is 1.95. The Hall–Kier alpha value is -1.38. The molecule has 3 rings (SSSR count). The monoisotopic (exact) mass is 242 g/mol. The minimum atomic E-state index is 1.29. The van der Waals surface area contributed by atoms with E-state index in [2.05, 4.69) is 60.0 Å². The van der Waals surface area contributed by atoms with Crippen molar-refractivity contribution in [2.24, 2.45) is 0 Å². The van der Waals surface area contributed by atoms with Crippen LogP contribution in [0.3, 0.4) is 0 Å². The molecule has 1 aromatic heterocycles. The number of benzene rings is 2. The molecule has 2 heteroatoms. The molecule has 0 amide bonds. The summed E-state index contributed by atoms with van der Waals surface area (Å²) in [7, 11) is 3.59. The van der Waals surface area contributed by atoms with E-state index in [1.807, 2.05) is 10.3 Å². The SMILES string of the molecule is c1ccc2c(c1)ccssc1ccccc12. The normalized spacial score (nSPS) is 10.5. The van der Waals surface area contributed by atoms with Crippen LogP contribution in [-0.2, 0) is 0 Å². The lowest BCUT2D eigenvalue weighted by Crippen LogP contribution is -1.71. The van der Waals surface area contributed by atoms with Crippen LogP contribution in [0.2, 0.25) is 0 Å². The lowest BCUT2D eigenvalue weighted by atomic mass is 10.1. The zero-order chi connectivity index (χ0) is 10.8. The molecule has 0 N–H and O–H groups in total. The molecule has 1 heterocycles. The van der Waals surface area contributed by atoms with Crippen molar-refractivity contribution in [3.63, 3.8) is 0 Å².